The Morgan fingerprint density at radius 1 is 1.20 bits per heavy atom. The maximum absolute atomic E-state index is 12.3. The van der Waals surface area contributed by atoms with Crippen LogP contribution in [-0.4, -0.2) is 19.7 Å². The fourth-order valence-corrected chi connectivity index (χ4v) is 3.97. The second kappa shape index (κ2) is 6.45. The number of aromatic nitrogens is 4. The number of thiophene rings is 1. The van der Waals surface area contributed by atoms with Crippen LogP contribution in [0.3, 0.4) is 0 Å². The van der Waals surface area contributed by atoms with Crippen LogP contribution in [0, 0.1) is 6.92 Å². The van der Waals surface area contributed by atoms with Crippen molar-refractivity contribution in [3.8, 4) is 11.4 Å². The van der Waals surface area contributed by atoms with Crippen molar-refractivity contribution < 1.29 is 4.52 Å². The quantitative estimate of drug-likeness (QED) is 0.403. The van der Waals surface area contributed by atoms with Gasteiger partial charge in [-0.05, 0) is 18.4 Å². The lowest BCUT2D eigenvalue weighted by atomic mass is 10.1. The molecule has 126 valence electrons. The Hall–Kier alpha value is -2.45. The molecule has 0 aliphatic rings. The van der Waals surface area contributed by atoms with E-state index in [1.807, 2.05) is 42.6 Å². The minimum absolute atomic E-state index is 0.0339. The van der Waals surface area contributed by atoms with Crippen molar-refractivity contribution in [1.82, 2.24) is 19.7 Å². The number of rotatable bonds is 4. The van der Waals surface area contributed by atoms with E-state index in [1.165, 1.54) is 28.7 Å². The molecule has 0 aliphatic carbocycles. The Morgan fingerprint density at radius 3 is 2.80 bits per heavy atom. The van der Waals surface area contributed by atoms with Crippen LogP contribution in [0.2, 0.25) is 0 Å². The van der Waals surface area contributed by atoms with Crippen molar-refractivity contribution in [2.45, 2.75) is 17.8 Å². The van der Waals surface area contributed by atoms with E-state index >= 15 is 0 Å². The number of hydrogen-bond acceptors (Lipinski definition) is 7. The Labute approximate surface area is 151 Å². The molecule has 25 heavy (non-hydrogen) atoms. The molecule has 3 heterocycles. The molecule has 6 nitrogen and oxygen atoms in total. The molecule has 4 rings (SSSR count). The Balaban J connectivity index is 1.55. The van der Waals surface area contributed by atoms with Crippen LogP contribution in [0.15, 0.2) is 50.2 Å². The van der Waals surface area contributed by atoms with Gasteiger partial charge in [-0.3, -0.25) is 9.36 Å². The van der Waals surface area contributed by atoms with Crippen LogP contribution in [0.25, 0.3) is 21.6 Å². The van der Waals surface area contributed by atoms with E-state index in [2.05, 4.69) is 15.1 Å². The average Bonchev–Trinajstić information content (AvgIpc) is 3.27. The van der Waals surface area contributed by atoms with Gasteiger partial charge < -0.3 is 4.52 Å². The maximum atomic E-state index is 12.3. The van der Waals surface area contributed by atoms with Crippen molar-refractivity contribution in [3.63, 3.8) is 0 Å². The van der Waals surface area contributed by atoms with Crippen molar-refractivity contribution in [3.05, 3.63) is 57.5 Å². The monoisotopic (exact) mass is 370 g/mol. The summed E-state index contributed by atoms with van der Waals surface area (Å²) in [5.74, 6) is 1.51. The molecular formula is C17H14N4O2S2. The highest BCUT2D eigenvalue weighted by Gasteiger charge is 2.13. The van der Waals surface area contributed by atoms with Crippen LogP contribution in [0.4, 0.5) is 0 Å². The largest absolute Gasteiger partial charge is 0.338 e. The Morgan fingerprint density at radius 2 is 2.00 bits per heavy atom. The molecule has 0 aliphatic heterocycles. The molecule has 0 bridgehead atoms. The third kappa shape index (κ3) is 3.10. The lowest BCUT2D eigenvalue weighted by Gasteiger charge is -2.05. The summed E-state index contributed by atoms with van der Waals surface area (Å²) in [6.07, 6.45) is 0. The third-order valence-corrected chi connectivity index (χ3v) is 5.66. The highest BCUT2D eigenvalue weighted by atomic mass is 32.2. The summed E-state index contributed by atoms with van der Waals surface area (Å²) in [7, 11) is 1.72. The van der Waals surface area contributed by atoms with E-state index in [4.69, 9.17) is 4.52 Å². The second-order valence-electron chi connectivity index (χ2n) is 5.56. The molecule has 8 heteroatoms. The SMILES string of the molecule is Cc1ccc(-c2noc(CSc3nc4ccsc4c(=O)n3C)n2)cc1. The summed E-state index contributed by atoms with van der Waals surface area (Å²) < 4.78 is 7.55. The van der Waals surface area contributed by atoms with Gasteiger partial charge in [-0.15, -0.1) is 11.3 Å². The molecule has 0 radical (unpaired) electrons. The molecule has 0 saturated carbocycles. The molecule has 0 spiro atoms. The second-order valence-corrected chi connectivity index (χ2v) is 7.42. The standard InChI is InChI=1S/C17H14N4O2S2/c1-10-3-5-11(6-4-10)15-19-13(23-20-15)9-25-17-18-12-7-8-24-14(12)16(22)21(17)2/h3-8H,9H2,1-2H3. The van der Waals surface area contributed by atoms with Gasteiger partial charge in [0.1, 0.15) is 4.70 Å². The van der Waals surface area contributed by atoms with Gasteiger partial charge in [-0.25, -0.2) is 4.98 Å². The zero-order chi connectivity index (χ0) is 17.4. The first kappa shape index (κ1) is 16.0. The predicted octanol–water partition coefficient (Wildman–Crippen LogP) is 3.65. The highest BCUT2D eigenvalue weighted by Crippen LogP contribution is 2.24. The van der Waals surface area contributed by atoms with Gasteiger partial charge in [0.2, 0.25) is 11.7 Å². The lowest BCUT2D eigenvalue weighted by molar-refractivity contribution is 0.391. The summed E-state index contributed by atoms with van der Waals surface area (Å²) in [6, 6.07) is 9.80. The molecule has 0 fully saturated rings. The maximum Gasteiger partial charge on any atom is 0.271 e. The zero-order valence-electron chi connectivity index (χ0n) is 13.6. The first-order valence-corrected chi connectivity index (χ1v) is 9.45. The van der Waals surface area contributed by atoms with Crippen LogP contribution >= 0.6 is 23.1 Å². The normalized spacial score (nSPS) is 11.3. The Bertz CT molecular complexity index is 1100. The number of hydrogen-bond donors (Lipinski definition) is 0. The van der Waals surface area contributed by atoms with Crippen LogP contribution in [0.1, 0.15) is 11.5 Å². The van der Waals surface area contributed by atoms with Crippen LogP contribution < -0.4 is 5.56 Å². The number of fused-ring (bicyclic) bond motifs is 1. The summed E-state index contributed by atoms with van der Waals surface area (Å²) >= 11 is 2.81. The average molecular weight is 370 g/mol. The van der Waals surface area contributed by atoms with Gasteiger partial charge in [-0.2, -0.15) is 4.98 Å². The minimum atomic E-state index is -0.0339. The highest BCUT2D eigenvalue weighted by molar-refractivity contribution is 7.98. The Kier molecular flexibility index (Phi) is 4.14. The summed E-state index contributed by atoms with van der Waals surface area (Å²) in [5, 5.41) is 6.53. The fourth-order valence-electron chi connectivity index (χ4n) is 2.36. The van der Waals surface area contributed by atoms with E-state index in [9.17, 15) is 4.79 Å². The number of aryl methyl sites for hydroxylation is 1. The van der Waals surface area contributed by atoms with Crippen molar-refractivity contribution in [1.29, 1.82) is 0 Å². The number of benzene rings is 1. The van der Waals surface area contributed by atoms with E-state index in [0.29, 0.717) is 27.3 Å². The van der Waals surface area contributed by atoms with Gasteiger partial charge >= 0.3 is 0 Å². The molecule has 3 aromatic heterocycles. The first-order valence-electron chi connectivity index (χ1n) is 7.58. The molecule has 0 amide bonds. The zero-order valence-corrected chi connectivity index (χ0v) is 15.2. The van der Waals surface area contributed by atoms with Gasteiger partial charge in [-0.1, -0.05) is 46.7 Å². The topological polar surface area (TPSA) is 73.8 Å². The fraction of sp³-hybridized carbons (Fsp3) is 0.176. The molecular weight excluding hydrogens is 356 g/mol. The molecule has 4 aromatic rings. The van der Waals surface area contributed by atoms with Crippen LogP contribution in [-0.2, 0) is 12.8 Å². The van der Waals surface area contributed by atoms with E-state index < -0.39 is 0 Å². The van der Waals surface area contributed by atoms with Gasteiger partial charge in [0, 0.05) is 12.6 Å². The van der Waals surface area contributed by atoms with Gasteiger partial charge in [0.15, 0.2) is 5.16 Å². The first-order chi connectivity index (χ1) is 12.1. The molecule has 0 N–H and O–H groups in total. The van der Waals surface area contributed by atoms with Crippen LogP contribution in [0.5, 0.6) is 0 Å². The van der Waals surface area contributed by atoms with E-state index in [-0.39, 0.29) is 5.56 Å². The van der Waals surface area contributed by atoms with Crippen molar-refractivity contribution in [2.75, 3.05) is 0 Å². The number of nitrogens with zero attached hydrogens (tertiary/aromatic N) is 4. The van der Waals surface area contributed by atoms with E-state index in [1.54, 1.807) is 11.6 Å². The number of thioether (sulfide) groups is 1. The molecule has 0 atom stereocenters. The molecule has 0 saturated heterocycles. The summed E-state index contributed by atoms with van der Waals surface area (Å²) in [4.78, 5) is 21.3. The van der Waals surface area contributed by atoms with Crippen molar-refractivity contribution >= 4 is 33.3 Å². The summed E-state index contributed by atoms with van der Waals surface area (Å²) in [5.41, 5.74) is 2.78. The molecule has 0 unspecified atom stereocenters. The third-order valence-electron chi connectivity index (χ3n) is 3.75. The minimum Gasteiger partial charge on any atom is -0.338 e. The van der Waals surface area contributed by atoms with Gasteiger partial charge in [0.25, 0.3) is 5.56 Å². The predicted molar refractivity (Wildman–Crippen MR) is 98.9 cm³/mol. The van der Waals surface area contributed by atoms with Crippen molar-refractivity contribution in [2.24, 2.45) is 7.05 Å². The molecule has 1 aromatic carbocycles. The summed E-state index contributed by atoms with van der Waals surface area (Å²) in [6.45, 7) is 2.03. The van der Waals surface area contributed by atoms with Gasteiger partial charge in [0.05, 0.1) is 11.3 Å². The van der Waals surface area contributed by atoms with E-state index in [0.717, 1.165) is 11.1 Å². The lowest BCUT2D eigenvalue weighted by Crippen LogP contribution is -2.18. The smallest absolute Gasteiger partial charge is 0.271 e.